The molecule has 0 radical (unpaired) electrons. The Morgan fingerprint density at radius 3 is 1.85 bits per heavy atom. The van der Waals surface area contributed by atoms with Crippen LogP contribution >= 0.6 is 0 Å². The molecule has 0 heterocycles. The summed E-state index contributed by atoms with van der Waals surface area (Å²) in [5.74, 6) is 0.954. The fourth-order valence-corrected chi connectivity index (χ4v) is 2.98. The Balaban J connectivity index is 2.09. The minimum Gasteiger partial charge on any atom is -0.294 e. The third-order valence-electron chi connectivity index (χ3n) is 3.53. The number of fused-ring (bicyclic) bond motifs is 5. The molecule has 1 fully saturated rings. The van der Waals surface area contributed by atoms with Gasteiger partial charge < -0.3 is 0 Å². The molecule has 0 amide bonds. The van der Waals surface area contributed by atoms with Crippen molar-refractivity contribution < 1.29 is 9.59 Å². The quantitative estimate of drug-likeness (QED) is 0.516. The second-order valence-electron chi connectivity index (χ2n) is 4.14. The van der Waals surface area contributed by atoms with Crippen LogP contribution in [0.5, 0.6) is 0 Å². The highest BCUT2D eigenvalue weighted by Crippen LogP contribution is 2.50. The number of hydrogen-bond donors (Lipinski definition) is 0. The van der Waals surface area contributed by atoms with Crippen molar-refractivity contribution in [3.05, 3.63) is 24.3 Å². The molecule has 66 valence electrons. The Morgan fingerprint density at radius 2 is 1.38 bits per heavy atom. The zero-order valence-electron chi connectivity index (χ0n) is 7.14. The van der Waals surface area contributed by atoms with E-state index in [4.69, 9.17) is 0 Å². The van der Waals surface area contributed by atoms with Crippen molar-refractivity contribution in [1.82, 2.24) is 0 Å². The first-order valence-electron chi connectivity index (χ1n) is 4.71. The fraction of sp³-hybridized carbons (Fsp3) is 0.455. The molecule has 4 atom stereocenters. The van der Waals surface area contributed by atoms with Crippen molar-refractivity contribution in [2.45, 2.75) is 6.42 Å². The molecule has 0 spiro atoms. The molecule has 0 N–H and O–H groups in total. The molecule has 2 heteroatoms. The maximum absolute atomic E-state index is 11.5. The zero-order chi connectivity index (χ0) is 9.00. The van der Waals surface area contributed by atoms with E-state index in [-0.39, 0.29) is 23.4 Å². The Labute approximate surface area is 76.3 Å². The highest BCUT2D eigenvalue weighted by atomic mass is 16.1. The van der Waals surface area contributed by atoms with E-state index in [0.29, 0.717) is 11.8 Å². The molecule has 0 aromatic carbocycles. The molecular weight excluding hydrogens is 164 g/mol. The topological polar surface area (TPSA) is 34.1 Å². The van der Waals surface area contributed by atoms with Crippen molar-refractivity contribution >= 4 is 11.6 Å². The summed E-state index contributed by atoms with van der Waals surface area (Å²) < 4.78 is 0. The van der Waals surface area contributed by atoms with Crippen molar-refractivity contribution in [1.29, 1.82) is 0 Å². The van der Waals surface area contributed by atoms with E-state index in [9.17, 15) is 9.59 Å². The van der Waals surface area contributed by atoms with Gasteiger partial charge in [-0.3, -0.25) is 9.59 Å². The van der Waals surface area contributed by atoms with Crippen molar-refractivity contribution in [2.75, 3.05) is 0 Å². The third kappa shape index (κ3) is 0.781. The monoisotopic (exact) mass is 174 g/mol. The van der Waals surface area contributed by atoms with Gasteiger partial charge in [-0.2, -0.15) is 0 Å². The van der Waals surface area contributed by atoms with Gasteiger partial charge in [0.05, 0.1) is 0 Å². The average Bonchev–Trinajstić information content (AvgIpc) is 2.70. The molecular formula is C11H10O2. The first-order chi connectivity index (χ1) is 6.27. The number of ketones is 2. The average molecular weight is 174 g/mol. The number of carbonyl (C=O) groups excluding carboxylic acids is 2. The Bertz CT molecular complexity index is 319. The summed E-state index contributed by atoms with van der Waals surface area (Å²) in [5.41, 5.74) is 0. The largest absolute Gasteiger partial charge is 0.294 e. The SMILES string of the molecule is O=C1C=CC(=O)[C@H]2[C@H]1[C@@H]1C=C[C@@H]2C1. The van der Waals surface area contributed by atoms with E-state index in [2.05, 4.69) is 12.2 Å². The molecule has 13 heavy (non-hydrogen) atoms. The molecule has 3 rings (SSSR count). The number of rotatable bonds is 0. The lowest BCUT2D eigenvalue weighted by Gasteiger charge is -2.26. The highest BCUT2D eigenvalue weighted by Gasteiger charge is 2.51. The minimum atomic E-state index is -0.0208. The molecule has 0 saturated heterocycles. The van der Waals surface area contributed by atoms with Crippen LogP contribution < -0.4 is 0 Å². The maximum atomic E-state index is 11.5. The summed E-state index contributed by atoms with van der Waals surface area (Å²) >= 11 is 0. The normalized spacial score (nSPS) is 45.8. The molecule has 3 aliphatic carbocycles. The van der Waals surface area contributed by atoms with E-state index in [1.165, 1.54) is 12.2 Å². The molecule has 2 nitrogen and oxygen atoms in total. The van der Waals surface area contributed by atoms with Gasteiger partial charge >= 0.3 is 0 Å². The van der Waals surface area contributed by atoms with Crippen LogP contribution in [0.3, 0.4) is 0 Å². The Hall–Kier alpha value is -1.18. The summed E-state index contributed by atoms with van der Waals surface area (Å²) in [7, 11) is 0. The maximum Gasteiger partial charge on any atom is 0.160 e. The van der Waals surface area contributed by atoms with Gasteiger partial charge in [0.15, 0.2) is 11.6 Å². The molecule has 0 aromatic heterocycles. The predicted octanol–water partition coefficient (Wildman–Crippen LogP) is 1.13. The van der Waals surface area contributed by atoms with Gasteiger partial charge in [-0.25, -0.2) is 0 Å². The van der Waals surface area contributed by atoms with Crippen LogP contribution in [0.15, 0.2) is 24.3 Å². The van der Waals surface area contributed by atoms with Gasteiger partial charge in [0.25, 0.3) is 0 Å². The summed E-state index contributed by atoms with van der Waals surface area (Å²) in [4.78, 5) is 23.1. The van der Waals surface area contributed by atoms with E-state index in [1.54, 1.807) is 0 Å². The lowest BCUT2D eigenvalue weighted by atomic mass is 9.75. The van der Waals surface area contributed by atoms with Crippen LogP contribution in [-0.4, -0.2) is 11.6 Å². The summed E-state index contributed by atoms with van der Waals surface area (Å²) in [6.07, 6.45) is 8.14. The molecule has 0 unspecified atom stereocenters. The zero-order valence-corrected chi connectivity index (χ0v) is 7.14. The third-order valence-corrected chi connectivity index (χ3v) is 3.53. The number of hydrogen-bond acceptors (Lipinski definition) is 2. The van der Waals surface area contributed by atoms with Gasteiger partial charge in [0, 0.05) is 11.8 Å². The predicted molar refractivity (Wildman–Crippen MR) is 46.9 cm³/mol. The van der Waals surface area contributed by atoms with E-state index < -0.39 is 0 Å². The van der Waals surface area contributed by atoms with Crippen LogP contribution in [-0.2, 0) is 9.59 Å². The number of allylic oxidation sites excluding steroid dienone is 4. The van der Waals surface area contributed by atoms with Crippen LogP contribution in [0, 0.1) is 23.7 Å². The summed E-state index contributed by atoms with van der Waals surface area (Å²) in [5, 5.41) is 0. The first-order valence-corrected chi connectivity index (χ1v) is 4.71. The first kappa shape index (κ1) is 7.25. The lowest BCUT2D eigenvalue weighted by molar-refractivity contribution is -0.129. The molecule has 0 aromatic rings. The van der Waals surface area contributed by atoms with Crippen LogP contribution in [0.2, 0.25) is 0 Å². The van der Waals surface area contributed by atoms with Crippen molar-refractivity contribution in [3.8, 4) is 0 Å². The minimum absolute atomic E-state index is 0.0208. The van der Waals surface area contributed by atoms with Gasteiger partial charge in [-0.05, 0) is 30.4 Å². The molecule has 0 aliphatic heterocycles. The second kappa shape index (κ2) is 2.19. The lowest BCUT2D eigenvalue weighted by Crippen LogP contribution is -2.34. The van der Waals surface area contributed by atoms with Crippen molar-refractivity contribution in [3.63, 3.8) is 0 Å². The van der Waals surface area contributed by atoms with Crippen LogP contribution in [0.1, 0.15) is 6.42 Å². The summed E-state index contributed by atoms with van der Waals surface area (Å²) in [6, 6.07) is 0. The van der Waals surface area contributed by atoms with Crippen LogP contribution in [0.25, 0.3) is 0 Å². The van der Waals surface area contributed by atoms with E-state index in [0.717, 1.165) is 6.42 Å². The van der Waals surface area contributed by atoms with Gasteiger partial charge in [-0.1, -0.05) is 12.2 Å². The van der Waals surface area contributed by atoms with E-state index in [1.807, 2.05) is 0 Å². The van der Waals surface area contributed by atoms with Gasteiger partial charge in [0.2, 0.25) is 0 Å². The Kier molecular flexibility index (Phi) is 1.22. The standard InChI is InChI=1S/C11H10O2/c12-8-3-4-9(13)11-7-2-1-6(5-7)10(8)11/h1-4,6-7,10-11H,5H2/t6-,7-,10+,11+/m1/s1. The van der Waals surface area contributed by atoms with E-state index >= 15 is 0 Å². The molecule has 2 bridgehead atoms. The Morgan fingerprint density at radius 1 is 0.923 bits per heavy atom. The molecule has 1 saturated carbocycles. The fourth-order valence-electron chi connectivity index (χ4n) is 2.98. The van der Waals surface area contributed by atoms with Gasteiger partial charge in [0.1, 0.15) is 0 Å². The van der Waals surface area contributed by atoms with Crippen molar-refractivity contribution in [2.24, 2.45) is 23.7 Å². The highest BCUT2D eigenvalue weighted by molar-refractivity contribution is 6.08. The van der Waals surface area contributed by atoms with Gasteiger partial charge in [-0.15, -0.1) is 0 Å². The smallest absolute Gasteiger partial charge is 0.160 e. The van der Waals surface area contributed by atoms with Crippen LogP contribution in [0.4, 0.5) is 0 Å². The number of carbonyl (C=O) groups is 2. The summed E-state index contributed by atoms with van der Waals surface area (Å²) in [6.45, 7) is 0. The second-order valence-corrected chi connectivity index (χ2v) is 4.14. The molecule has 3 aliphatic rings.